The van der Waals surface area contributed by atoms with Crippen LogP contribution < -0.4 is 4.74 Å². The summed E-state index contributed by atoms with van der Waals surface area (Å²) < 4.78 is 5.85. The molecule has 0 aromatic heterocycles. The van der Waals surface area contributed by atoms with E-state index in [1.807, 2.05) is 6.92 Å². The van der Waals surface area contributed by atoms with Crippen molar-refractivity contribution in [2.75, 3.05) is 6.61 Å². The van der Waals surface area contributed by atoms with Gasteiger partial charge in [-0.3, -0.25) is 10.1 Å². The molecule has 0 heterocycles. The van der Waals surface area contributed by atoms with Crippen LogP contribution in [0.3, 0.4) is 0 Å². The average molecular weight is 304 g/mol. The Kier molecular flexibility index (Phi) is 4.47. The molecule has 6 heteroatoms. The normalized spacial score (nSPS) is 14.1. The number of nitro groups is 1. The molecule has 1 aromatic carbocycles. The number of halogens is 1. The van der Waals surface area contributed by atoms with Crippen LogP contribution in [0, 0.1) is 10.1 Å². The third kappa shape index (κ3) is 3.67. The topological polar surface area (TPSA) is 72.6 Å². The lowest BCUT2D eigenvalue weighted by Crippen LogP contribution is -2.31. The standard InChI is InChI=1S/C11H14BrNO4/c1-3-11(2,14)7-17-10-8(12)5-4-6-9(10)13(15)16/h4-6,14H,3,7H2,1-2H3. The van der Waals surface area contributed by atoms with E-state index in [1.165, 1.54) is 6.07 Å². The van der Waals surface area contributed by atoms with E-state index in [0.717, 1.165) is 0 Å². The Labute approximate surface area is 108 Å². The number of hydrogen-bond donors (Lipinski definition) is 1. The summed E-state index contributed by atoms with van der Waals surface area (Å²) in [6, 6.07) is 4.58. The Morgan fingerprint density at radius 3 is 2.76 bits per heavy atom. The van der Waals surface area contributed by atoms with Crippen LogP contribution in [0.25, 0.3) is 0 Å². The molecule has 0 radical (unpaired) electrons. The second-order valence-electron chi connectivity index (χ2n) is 3.98. The van der Waals surface area contributed by atoms with Gasteiger partial charge in [-0.1, -0.05) is 13.0 Å². The fourth-order valence-corrected chi connectivity index (χ4v) is 1.58. The van der Waals surface area contributed by atoms with Gasteiger partial charge >= 0.3 is 5.69 Å². The average Bonchev–Trinajstić information content (AvgIpc) is 2.27. The molecule has 0 saturated carbocycles. The Hall–Kier alpha value is -1.14. The molecule has 17 heavy (non-hydrogen) atoms. The number of ether oxygens (including phenoxy) is 1. The van der Waals surface area contributed by atoms with Crippen molar-refractivity contribution in [2.24, 2.45) is 0 Å². The molecule has 5 nitrogen and oxygen atoms in total. The van der Waals surface area contributed by atoms with Crippen LogP contribution in [0.15, 0.2) is 22.7 Å². The van der Waals surface area contributed by atoms with Crippen molar-refractivity contribution in [1.29, 1.82) is 0 Å². The molecule has 1 unspecified atom stereocenters. The smallest absolute Gasteiger partial charge is 0.312 e. The minimum Gasteiger partial charge on any atom is -0.483 e. The lowest BCUT2D eigenvalue weighted by atomic mass is 10.1. The van der Waals surface area contributed by atoms with Gasteiger partial charge in [0, 0.05) is 6.07 Å². The third-order valence-corrected chi connectivity index (χ3v) is 3.06. The Balaban J connectivity index is 2.94. The summed E-state index contributed by atoms with van der Waals surface area (Å²) in [5.41, 5.74) is -1.12. The van der Waals surface area contributed by atoms with E-state index >= 15 is 0 Å². The first-order valence-electron chi connectivity index (χ1n) is 5.15. The highest BCUT2D eigenvalue weighted by Gasteiger charge is 2.23. The van der Waals surface area contributed by atoms with Gasteiger partial charge in [0.2, 0.25) is 5.75 Å². The monoisotopic (exact) mass is 303 g/mol. The van der Waals surface area contributed by atoms with E-state index in [1.54, 1.807) is 19.1 Å². The fourth-order valence-electron chi connectivity index (χ4n) is 1.11. The summed E-state index contributed by atoms with van der Waals surface area (Å²) in [5, 5.41) is 20.6. The predicted molar refractivity (Wildman–Crippen MR) is 67.2 cm³/mol. The van der Waals surface area contributed by atoms with E-state index in [4.69, 9.17) is 4.74 Å². The van der Waals surface area contributed by atoms with Crippen molar-refractivity contribution in [1.82, 2.24) is 0 Å². The minimum absolute atomic E-state index is 0.00690. The highest BCUT2D eigenvalue weighted by atomic mass is 79.9. The molecule has 0 fully saturated rings. The number of nitrogens with zero attached hydrogens (tertiary/aromatic N) is 1. The number of rotatable bonds is 5. The maximum absolute atomic E-state index is 10.8. The summed E-state index contributed by atoms with van der Waals surface area (Å²) in [6.07, 6.45) is 0.505. The predicted octanol–water partition coefficient (Wildman–Crippen LogP) is 2.90. The van der Waals surface area contributed by atoms with Crippen molar-refractivity contribution < 1.29 is 14.8 Å². The summed E-state index contributed by atoms with van der Waals surface area (Å²) in [5.74, 6) is 0.145. The maximum atomic E-state index is 10.8. The molecule has 0 bridgehead atoms. The molecule has 1 atom stereocenters. The molecule has 1 rings (SSSR count). The Morgan fingerprint density at radius 1 is 1.59 bits per heavy atom. The van der Waals surface area contributed by atoms with Crippen molar-refractivity contribution in [2.45, 2.75) is 25.9 Å². The second-order valence-corrected chi connectivity index (χ2v) is 4.84. The highest BCUT2D eigenvalue weighted by Crippen LogP contribution is 2.35. The van der Waals surface area contributed by atoms with E-state index in [2.05, 4.69) is 15.9 Å². The quantitative estimate of drug-likeness (QED) is 0.670. The molecule has 0 spiro atoms. The summed E-state index contributed by atoms with van der Waals surface area (Å²) in [7, 11) is 0. The summed E-state index contributed by atoms with van der Waals surface area (Å²) in [6.45, 7) is 3.44. The van der Waals surface area contributed by atoms with Crippen molar-refractivity contribution >= 4 is 21.6 Å². The van der Waals surface area contributed by atoms with E-state index in [-0.39, 0.29) is 18.0 Å². The van der Waals surface area contributed by atoms with Crippen LogP contribution in [0.5, 0.6) is 5.75 Å². The number of aliphatic hydroxyl groups is 1. The van der Waals surface area contributed by atoms with Gasteiger partial charge in [0.1, 0.15) is 6.61 Å². The molecule has 0 amide bonds. The molecular formula is C11H14BrNO4. The maximum Gasteiger partial charge on any atom is 0.312 e. The van der Waals surface area contributed by atoms with Gasteiger partial charge in [-0.15, -0.1) is 0 Å². The second kappa shape index (κ2) is 5.46. The van der Waals surface area contributed by atoms with Crippen LogP contribution in [0.1, 0.15) is 20.3 Å². The first-order chi connectivity index (χ1) is 7.87. The molecule has 0 saturated heterocycles. The molecule has 94 valence electrons. The summed E-state index contributed by atoms with van der Waals surface area (Å²) in [4.78, 5) is 10.3. The highest BCUT2D eigenvalue weighted by molar-refractivity contribution is 9.10. The summed E-state index contributed by atoms with van der Waals surface area (Å²) >= 11 is 3.19. The number of nitro benzene ring substituents is 1. The van der Waals surface area contributed by atoms with Crippen LogP contribution >= 0.6 is 15.9 Å². The van der Waals surface area contributed by atoms with E-state index in [0.29, 0.717) is 10.9 Å². The van der Waals surface area contributed by atoms with Crippen LogP contribution in [-0.2, 0) is 0 Å². The molecule has 1 N–H and O–H groups in total. The third-order valence-electron chi connectivity index (χ3n) is 2.43. The van der Waals surface area contributed by atoms with Gasteiger partial charge in [-0.25, -0.2) is 0 Å². The van der Waals surface area contributed by atoms with E-state index in [9.17, 15) is 15.2 Å². The van der Waals surface area contributed by atoms with Crippen LogP contribution in [0.2, 0.25) is 0 Å². The van der Waals surface area contributed by atoms with Crippen LogP contribution in [-0.4, -0.2) is 22.2 Å². The zero-order chi connectivity index (χ0) is 13.1. The lowest BCUT2D eigenvalue weighted by Gasteiger charge is -2.21. The first kappa shape index (κ1) is 13.9. The molecule has 1 aromatic rings. The molecular weight excluding hydrogens is 290 g/mol. The van der Waals surface area contributed by atoms with Crippen molar-refractivity contribution in [3.8, 4) is 5.75 Å². The van der Waals surface area contributed by atoms with Gasteiger partial charge in [0.25, 0.3) is 0 Å². The number of hydrogen-bond acceptors (Lipinski definition) is 4. The molecule has 0 aliphatic rings. The number of para-hydroxylation sites is 1. The van der Waals surface area contributed by atoms with Crippen molar-refractivity contribution in [3.05, 3.63) is 32.8 Å². The fraction of sp³-hybridized carbons (Fsp3) is 0.455. The Morgan fingerprint density at radius 2 is 2.24 bits per heavy atom. The molecule has 0 aliphatic carbocycles. The zero-order valence-corrected chi connectivity index (χ0v) is 11.2. The first-order valence-corrected chi connectivity index (χ1v) is 5.95. The van der Waals surface area contributed by atoms with Gasteiger partial charge < -0.3 is 9.84 Å². The largest absolute Gasteiger partial charge is 0.483 e. The van der Waals surface area contributed by atoms with Crippen molar-refractivity contribution in [3.63, 3.8) is 0 Å². The van der Waals surface area contributed by atoms with Gasteiger partial charge in [-0.05, 0) is 35.3 Å². The van der Waals surface area contributed by atoms with Crippen LogP contribution in [0.4, 0.5) is 5.69 Å². The zero-order valence-electron chi connectivity index (χ0n) is 9.64. The van der Waals surface area contributed by atoms with Gasteiger partial charge in [-0.2, -0.15) is 0 Å². The molecule has 0 aliphatic heterocycles. The van der Waals surface area contributed by atoms with E-state index < -0.39 is 10.5 Å². The van der Waals surface area contributed by atoms with Gasteiger partial charge in [0.15, 0.2) is 0 Å². The van der Waals surface area contributed by atoms with Gasteiger partial charge in [0.05, 0.1) is 15.0 Å². The Bertz CT molecular complexity index is 420. The SMILES string of the molecule is CCC(C)(O)COc1c(Br)cccc1[N+](=O)[O-]. The number of benzene rings is 1. The lowest BCUT2D eigenvalue weighted by molar-refractivity contribution is -0.386. The minimum atomic E-state index is -0.997.